The molecule has 0 aliphatic rings. The predicted octanol–water partition coefficient (Wildman–Crippen LogP) is 1.32. The van der Waals surface area contributed by atoms with Gasteiger partial charge in [-0.05, 0) is 12.1 Å². The molecule has 5 nitrogen and oxygen atoms in total. The fourth-order valence-corrected chi connectivity index (χ4v) is 0.962. The molecule has 14 heavy (non-hydrogen) atoms. The summed E-state index contributed by atoms with van der Waals surface area (Å²) in [6.07, 6.45) is 4.59. The van der Waals surface area contributed by atoms with Crippen LogP contribution in [0.2, 0.25) is 0 Å². The molecule has 1 amide bonds. The lowest BCUT2D eigenvalue weighted by atomic mass is 10.4. The Morgan fingerprint density at radius 3 is 2.93 bits per heavy atom. The summed E-state index contributed by atoms with van der Waals surface area (Å²) in [5.74, 6) is -0.163. The Balaban J connectivity index is 2.10. The molecule has 5 heteroatoms. The second-order valence-electron chi connectivity index (χ2n) is 2.57. The molecule has 2 aromatic heterocycles. The van der Waals surface area contributed by atoms with Crippen LogP contribution in [0.3, 0.4) is 0 Å². The number of aromatic nitrogens is 2. The van der Waals surface area contributed by atoms with Crippen molar-refractivity contribution in [2.75, 3.05) is 5.32 Å². The van der Waals surface area contributed by atoms with Crippen molar-refractivity contribution in [2.24, 2.45) is 0 Å². The number of amides is 1. The van der Waals surface area contributed by atoms with Crippen molar-refractivity contribution in [3.63, 3.8) is 0 Å². The van der Waals surface area contributed by atoms with Gasteiger partial charge in [0.15, 0.2) is 0 Å². The largest absolute Gasteiger partial charge is 0.351 e. The number of carbonyl (C=O) groups is 1. The van der Waals surface area contributed by atoms with E-state index in [1.165, 1.54) is 12.3 Å². The maximum absolute atomic E-state index is 11.4. The lowest BCUT2D eigenvalue weighted by molar-refractivity contribution is 0.0988. The summed E-state index contributed by atoms with van der Waals surface area (Å²) in [4.78, 5) is 15.3. The van der Waals surface area contributed by atoms with Crippen LogP contribution >= 0.6 is 0 Å². The van der Waals surface area contributed by atoms with Gasteiger partial charge in [-0.1, -0.05) is 5.16 Å². The predicted molar refractivity (Wildman–Crippen MR) is 48.7 cm³/mol. The van der Waals surface area contributed by atoms with E-state index in [0.717, 1.165) is 0 Å². The fraction of sp³-hybridized carbons (Fsp3) is 0. The Bertz CT molecular complexity index is 411. The van der Waals surface area contributed by atoms with Crippen LogP contribution in [-0.2, 0) is 0 Å². The highest BCUT2D eigenvalue weighted by Gasteiger charge is 2.08. The van der Waals surface area contributed by atoms with Gasteiger partial charge in [0, 0.05) is 12.3 Å². The minimum Gasteiger partial charge on any atom is -0.351 e. The second kappa shape index (κ2) is 3.69. The second-order valence-corrected chi connectivity index (χ2v) is 2.57. The van der Waals surface area contributed by atoms with Gasteiger partial charge in [-0.3, -0.25) is 9.78 Å². The molecule has 0 unspecified atom stereocenters. The summed E-state index contributed by atoms with van der Waals surface area (Å²) in [6, 6.07) is 4.96. The minimum absolute atomic E-state index is 0.175. The zero-order chi connectivity index (χ0) is 9.80. The molecule has 0 radical (unpaired) electrons. The van der Waals surface area contributed by atoms with Gasteiger partial charge in [0.1, 0.15) is 0 Å². The van der Waals surface area contributed by atoms with Gasteiger partial charge in [-0.2, -0.15) is 0 Å². The van der Waals surface area contributed by atoms with Gasteiger partial charge in [0.05, 0.1) is 18.1 Å². The normalized spacial score (nSPS) is 9.71. The molecule has 0 aromatic carbocycles. The molecule has 2 rings (SSSR count). The third-order valence-corrected chi connectivity index (χ3v) is 1.58. The number of hydrogen-bond donors (Lipinski definition) is 1. The summed E-state index contributed by atoms with van der Waals surface area (Å²) < 4.78 is 4.69. The first-order valence-corrected chi connectivity index (χ1v) is 3.98. The van der Waals surface area contributed by atoms with E-state index >= 15 is 0 Å². The monoisotopic (exact) mass is 189 g/mol. The van der Waals surface area contributed by atoms with E-state index in [2.05, 4.69) is 20.0 Å². The van der Waals surface area contributed by atoms with Gasteiger partial charge in [-0.15, -0.1) is 0 Å². The Hall–Kier alpha value is -2.17. The van der Waals surface area contributed by atoms with E-state index in [1.807, 2.05) is 0 Å². The maximum Gasteiger partial charge on any atom is 0.294 e. The molecule has 2 heterocycles. The number of carbonyl (C=O) groups excluding carboxylic acids is 1. The minimum atomic E-state index is -0.337. The van der Waals surface area contributed by atoms with Crippen LogP contribution in [0.15, 0.2) is 41.3 Å². The maximum atomic E-state index is 11.4. The molecule has 70 valence electrons. The van der Waals surface area contributed by atoms with Gasteiger partial charge < -0.3 is 9.84 Å². The molecule has 0 atom stereocenters. The Morgan fingerprint density at radius 2 is 2.29 bits per heavy atom. The average molecular weight is 189 g/mol. The fourth-order valence-electron chi connectivity index (χ4n) is 0.962. The topological polar surface area (TPSA) is 68.0 Å². The van der Waals surface area contributed by atoms with Crippen LogP contribution in [0.25, 0.3) is 0 Å². The van der Waals surface area contributed by atoms with Gasteiger partial charge in [-0.25, -0.2) is 0 Å². The molecular formula is C9H7N3O2. The molecule has 1 N–H and O–H groups in total. The van der Waals surface area contributed by atoms with E-state index in [1.54, 1.807) is 24.5 Å². The van der Waals surface area contributed by atoms with E-state index in [9.17, 15) is 4.79 Å². The van der Waals surface area contributed by atoms with E-state index in [4.69, 9.17) is 0 Å². The quantitative estimate of drug-likeness (QED) is 0.773. The van der Waals surface area contributed by atoms with Gasteiger partial charge in [0.25, 0.3) is 5.91 Å². The average Bonchev–Trinajstić information content (AvgIpc) is 2.72. The summed E-state index contributed by atoms with van der Waals surface area (Å²) in [6.45, 7) is 0. The summed E-state index contributed by atoms with van der Waals surface area (Å²) in [7, 11) is 0. The molecule has 0 saturated heterocycles. The molecule has 0 fully saturated rings. The zero-order valence-corrected chi connectivity index (χ0v) is 7.18. The number of nitrogens with zero attached hydrogens (tertiary/aromatic N) is 2. The first-order valence-electron chi connectivity index (χ1n) is 3.98. The summed E-state index contributed by atoms with van der Waals surface area (Å²) >= 11 is 0. The standard InChI is InChI=1S/C9H7N3O2/c13-9(8-3-5-11-14-8)12-7-2-1-4-10-6-7/h1-6H,(H,12,13). The lowest BCUT2D eigenvalue weighted by Gasteiger charge is -1.99. The van der Waals surface area contributed by atoms with Crippen molar-refractivity contribution in [2.45, 2.75) is 0 Å². The van der Waals surface area contributed by atoms with Crippen LogP contribution < -0.4 is 5.32 Å². The van der Waals surface area contributed by atoms with Crippen molar-refractivity contribution in [3.8, 4) is 0 Å². The number of rotatable bonds is 2. The summed E-state index contributed by atoms with van der Waals surface area (Å²) in [5.41, 5.74) is 0.619. The first kappa shape index (κ1) is 8.43. The molecule has 0 bridgehead atoms. The van der Waals surface area contributed by atoms with Gasteiger partial charge in [0.2, 0.25) is 5.76 Å². The number of anilines is 1. The van der Waals surface area contributed by atoms with Crippen molar-refractivity contribution in [1.82, 2.24) is 10.1 Å². The van der Waals surface area contributed by atoms with Crippen molar-refractivity contribution in [3.05, 3.63) is 42.5 Å². The molecular weight excluding hydrogens is 182 g/mol. The molecule has 0 aliphatic carbocycles. The Labute approximate surface area is 79.7 Å². The van der Waals surface area contributed by atoms with Crippen LogP contribution in [0.5, 0.6) is 0 Å². The van der Waals surface area contributed by atoms with E-state index in [-0.39, 0.29) is 11.7 Å². The van der Waals surface area contributed by atoms with Gasteiger partial charge >= 0.3 is 0 Å². The SMILES string of the molecule is O=C(Nc1cccnc1)c1ccno1. The lowest BCUT2D eigenvalue weighted by Crippen LogP contribution is -2.10. The number of hydrogen-bond acceptors (Lipinski definition) is 4. The molecule has 0 aliphatic heterocycles. The van der Waals surface area contributed by atoms with Crippen LogP contribution in [0.4, 0.5) is 5.69 Å². The number of nitrogens with one attached hydrogen (secondary N) is 1. The Morgan fingerprint density at radius 1 is 1.36 bits per heavy atom. The van der Waals surface area contributed by atoms with Crippen molar-refractivity contribution < 1.29 is 9.32 Å². The number of pyridine rings is 1. The highest BCUT2D eigenvalue weighted by molar-refractivity contribution is 6.01. The third kappa shape index (κ3) is 1.77. The first-order chi connectivity index (χ1) is 6.86. The summed E-state index contributed by atoms with van der Waals surface area (Å²) in [5, 5.41) is 6.04. The Kier molecular flexibility index (Phi) is 2.22. The molecule has 0 saturated carbocycles. The van der Waals surface area contributed by atoms with Crippen LogP contribution in [0.1, 0.15) is 10.6 Å². The molecule has 0 spiro atoms. The van der Waals surface area contributed by atoms with Crippen LogP contribution in [0, 0.1) is 0 Å². The smallest absolute Gasteiger partial charge is 0.294 e. The highest BCUT2D eigenvalue weighted by atomic mass is 16.5. The highest BCUT2D eigenvalue weighted by Crippen LogP contribution is 2.05. The molecule has 2 aromatic rings. The van der Waals surface area contributed by atoms with Crippen molar-refractivity contribution in [1.29, 1.82) is 0 Å². The van der Waals surface area contributed by atoms with E-state index in [0.29, 0.717) is 5.69 Å². The van der Waals surface area contributed by atoms with E-state index < -0.39 is 0 Å². The van der Waals surface area contributed by atoms with Crippen molar-refractivity contribution >= 4 is 11.6 Å². The third-order valence-electron chi connectivity index (χ3n) is 1.58. The van der Waals surface area contributed by atoms with Crippen LogP contribution in [-0.4, -0.2) is 16.0 Å². The zero-order valence-electron chi connectivity index (χ0n) is 7.18.